The second-order valence-electron chi connectivity index (χ2n) is 5.36. The van der Waals surface area contributed by atoms with Crippen LogP contribution in [0.4, 0.5) is 0 Å². The van der Waals surface area contributed by atoms with Crippen molar-refractivity contribution in [3.8, 4) is 0 Å². The highest BCUT2D eigenvalue weighted by Crippen LogP contribution is 2.10. The Morgan fingerprint density at radius 2 is 1.40 bits per heavy atom. The Kier molecular flexibility index (Phi) is 15.9. The third-order valence-corrected chi connectivity index (χ3v) is 3.42. The summed E-state index contributed by atoms with van der Waals surface area (Å²) < 4.78 is 0. The maximum atomic E-state index is 11.2. The van der Waals surface area contributed by atoms with E-state index < -0.39 is 0 Å². The molecule has 20 heavy (non-hydrogen) atoms. The smallest absolute Gasteiger partial charge is 0.219 e. The lowest BCUT2D eigenvalue weighted by molar-refractivity contribution is -0.121. The van der Waals surface area contributed by atoms with E-state index in [1.807, 2.05) is 6.92 Å². The number of nitrogens with one attached hydrogen (secondary N) is 2. The second-order valence-corrected chi connectivity index (χ2v) is 5.36. The Labute approximate surface area is 124 Å². The van der Waals surface area contributed by atoms with Crippen LogP contribution in [0.1, 0.15) is 71.1 Å². The molecule has 0 unspecified atom stereocenters. The molecule has 0 atom stereocenters. The lowest BCUT2D eigenvalue weighted by Gasteiger charge is -2.04. The minimum absolute atomic E-state index is 0.197. The summed E-state index contributed by atoms with van der Waals surface area (Å²) in [6, 6.07) is 0. The van der Waals surface area contributed by atoms with Crippen molar-refractivity contribution in [2.45, 2.75) is 71.1 Å². The van der Waals surface area contributed by atoms with Crippen molar-refractivity contribution in [1.29, 1.82) is 0 Å². The zero-order valence-corrected chi connectivity index (χ0v) is 13.3. The van der Waals surface area contributed by atoms with E-state index in [1.165, 1.54) is 51.4 Å². The van der Waals surface area contributed by atoms with Crippen molar-refractivity contribution in [3.63, 3.8) is 0 Å². The minimum Gasteiger partial charge on any atom is -0.395 e. The molecule has 0 aromatic carbocycles. The molecular formula is C16H34N2O2. The molecule has 0 saturated heterocycles. The van der Waals surface area contributed by atoms with Gasteiger partial charge >= 0.3 is 0 Å². The molecule has 0 aliphatic rings. The molecule has 4 nitrogen and oxygen atoms in total. The van der Waals surface area contributed by atoms with Crippen LogP contribution in [-0.2, 0) is 4.79 Å². The van der Waals surface area contributed by atoms with Crippen LogP contribution in [-0.4, -0.2) is 37.3 Å². The third kappa shape index (κ3) is 15.4. The maximum Gasteiger partial charge on any atom is 0.219 e. The molecule has 3 N–H and O–H groups in total. The first kappa shape index (κ1) is 19.4. The minimum atomic E-state index is 0.197. The van der Waals surface area contributed by atoms with Crippen molar-refractivity contribution in [2.75, 3.05) is 26.2 Å². The van der Waals surface area contributed by atoms with Gasteiger partial charge in [0.2, 0.25) is 5.91 Å². The zero-order valence-electron chi connectivity index (χ0n) is 13.3. The van der Waals surface area contributed by atoms with E-state index >= 15 is 0 Å². The van der Waals surface area contributed by atoms with E-state index in [0.29, 0.717) is 6.42 Å². The summed E-state index contributed by atoms with van der Waals surface area (Å²) in [5, 5.41) is 14.6. The fraction of sp³-hybridized carbons (Fsp3) is 0.938. The van der Waals surface area contributed by atoms with Crippen LogP contribution in [0, 0.1) is 0 Å². The average molecular weight is 286 g/mol. The largest absolute Gasteiger partial charge is 0.395 e. The van der Waals surface area contributed by atoms with E-state index in [9.17, 15) is 4.79 Å². The van der Waals surface area contributed by atoms with Gasteiger partial charge in [0.05, 0.1) is 6.61 Å². The van der Waals surface area contributed by atoms with Crippen LogP contribution in [0.3, 0.4) is 0 Å². The van der Waals surface area contributed by atoms with E-state index in [-0.39, 0.29) is 12.5 Å². The number of rotatable bonds is 15. The molecule has 0 spiro atoms. The standard InChI is InChI=1S/C16H34N2O2/c1-2-18-16(20)12-10-8-6-4-3-5-7-9-11-13-17-14-15-19/h17,19H,2-15H2,1H3,(H,18,20). The lowest BCUT2D eigenvalue weighted by Crippen LogP contribution is -2.21. The topological polar surface area (TPSA) is 61.4 Å². The summed E-state index contributed by atoms with van der Waals surface area (Å²) >= 11 is 0. The molecule has 0 radical (unpaired) electrons. The van der Waals surface area contributed by atoms with Gasteiger partial charge in [-0.1, -0.05) is 44.9 Å². The molecule has 0 aliphatic carbocycles. The molecule has 0 aromatic rings. The predicted molar refractivity (Wildman–Crippen MR) is 84.8 cm³/mol. The Bertz CT molecular complexity index is 211. The summed E-state index contributed by atoms with van der Waals surface area (Å²) in [6.45, 7) is 4.69. The highest BCUT2D eigenvalue weighted by molar-refractivity contribution is 5.75. The molecule has 0 saturated carbocycles. The van der Waals surface area contributed by atoms with Gasteiger partial charge in [0, 0.05) is 19.5 Å². The van der Waals surface area contributed by atoms with Crippen LogP contribution in [0.15, 0.2) is 0 Å². The van der Waals surface area contributed by atoms with Crippen LogP contribution in [0.2, 0.25) is 0 Å². The molecule has 0 aromatic heterocycles. The maximum absolute atomic E-state index is 11.2. The number of amides is 1. The van der Waals surface area contributed by atoms with Crippen molar-refractivity contribution in [2.24, 2.45) is 0 Å². The molecule has 1 amide bonds. The van der Waals surface area contributed by atoms with Crippen molar-refractivity contribution < 1.29 is 9.90 Å². The van der Waals surface area contributed by atoms with Crippen LogP contribution >= 0.6 is 0 Å². The fourth-order valence-electron chi connectivity index (χ4n) is 2.26. The van der Waals surface area contributed by atoms with Gasteiger partial charge in [-0.15, -0.1) is 0 Å². The van der Waals surface area contributed by atoms with Gasteiger partial charge in [0.1, 0.15) is 0 Å². The van der Waals surface area contributed by atoms with Crippen LogP contribution in [0.25, 0.3) is 0 Å². The molecule has 0 fully saturated rings. The number of unbranched alkanes of at least 4 members (excludes halogenated alkanes) is 8. The van der Waals surface area contributed by atoms with Gasteiger partial charge in [-0.3, -0.25) is 4.79 Å². The number of hydrogen-bond acceptors (Lipinski definition) is 3. The molecule has 0 bridgehead atoms. The van der Waals surface area contributed by atoms with Gasteiger partial charge in [-0.2, -0.15) is 0 Å². The van der Waals surface area contributed by atoms with Crippen LogP contribution < -0.4 is 10.6 Å². The number of hydrogen-bond donors (Lipinski definition) is 3. The molecular weight excluding hydrogens is 252 g/mol. The fourth-order valence-corrected chi connectivity index (χ4v) is 2.26. The summed E-state index contributed by atoms with van der Waals surface area (Å²) in [6.07, 6.45) is 11.9. The molecule has 120 valence electrons. The van der Waals surface area contributed by atoms with Crippen molar-refractivity contribution >= 4 is 5.91 Å². The Hall–Kier alpha value is -0.610. The Balaban J connectivity index is 3.01. The van der Waals surface area contributed by atoms with Crippen LogP contribution in [0.5, 0.6) is 0 Å². The van der Waals surface area contributed by atoms with Crippen molar-refractivity contribution in [3.05, 3.63) is 0 Å². The Morgan fingerprint density at radius 3 is 1.95 bits per heavy atom. The lowest BCUT2D eigenvalue weighted by atomic mass is 10.1. The highest BCUT2D eigenvalue weighted by atomic mass is 16.3. The summed E-state index contributed by atoms with van der Waals surface area (Å²) in [7, 11) is 0. The second kappa shape index (κ2) is 16.4. The quantitative estimate of drug-likeness (QED) is 0.406. The predicted octanol–water partition coefficient (Wildman–Crippen LogP) is 2.61. The molecule has 0 rings (SSSR count). The molecule has 0 aliphatic heterocycles. The zero-order chi connectivity index (χ0) is 14.9. The summed E-state index contributed by atoms with van der Waals surface area (Å²) in [4.78, 5) is 11.2. The number of carbonyl (C=O) groups excluding carboxylic acids is 1. The van der Waals surface area contributed by atoms with Gasteiger partial charge in [-0.05, 0) is 26.3 Å². The van der Waals surface area contributed by atoms with E-state index in [4.69, 9.17) is 5.11 Å². The number of carbonyl (C=O) groups is 1. The average Bonchev–Trinajstić information content (AvgIpc) is 2.44. The van der Waals surface area contributed by atoms with E-state index in [2.05, 4.69) is 10.6 Å². The van der Waals surface area contributed by atoms with Gasteiger partial charge in [0.15, 0.2) is 0 Å². The summed E-state index contributed by atoms with van der Waals surface area (Å²) in [5.41, 5.74) is 0. The SMILES string of the molecule is CCNC(=O)CCCCCCCCCCCNCCO. The highest BCUT2D eigenvalue weighted by Gasteiger charge is 1.98. The number of aliphatic hydroxyl groups excluding tert-OH is 1. The monoisotopic (exact) mass is 286 g/mol. The summed E-state index contributed by atoms with van der Waals surface area (Å²) in [5.74, 6) is 0.197. The normalized spacial score (nSPS) is 10.7. The first-order valence-corrected chi connectivity index (χ1v) is 8.39. The molecule has 0 heterocycles. The number of aliphatic hydroxyl groups is 1. The first-order valence-electron chi connectivity index (χ1n) is 8.39. The third-order valence-electron chi connectivity index (χ3n) is 3.42. The first-order chi connectivity index (χ1) is 9.81. The Morgan fingerprint density at radius 1 is 0.850 bits per heavy atom. The van der Waals surface area contributed by atoms with Crippen molar-refractivity contribution in [1.82, 2.24) is 10.6 Å². The van der Waals surface area contributed by atoms with Gasteiger partial charge in [0.25, 0.3) is 0 Å². The van der Waals surface area contributed by atoms with Gasteiger partial charge < -0.3 is 15.7 Å². The molecule has 4 heteroatoms. The van der Waals surface area contributed by atoms with E-state index in [0.717, 1.165) is 26.1 Å². The van der Waals surface area contributed by atoms with Gasteiger partial charge in [-0.25, -0.2) is 0 Å². The van der Waals surface area contributed by atoms with E-state index in [1.54, 1.807) is 0 Å².